The van der Waals surface area contributed by atoms with Crippen molar-refractivity contribution < 1.29 is 19.1 Å². The lowest BCUT2D eigenvalue weighted by atomic mass is 10.0. The Morgan fingerprint density at radius 1 is 0.839 bits per heavy atom. The molecule has 0 saturated heterocycles. The lowest BCUT2D eigenvalue weighted by Gasteiger charge is -2.19. The van der Waals surface area contributed by atoms with Crippen LogP contribution in [0, 0.1) is 0 Å². The summed E-state index contributed by atoms with van der Waals surface area (Å²) in [4.78, 5) is 37.0. The van der Waals surface area contributed by atoms with Crippen LogP contribution < -0.4 is 10.6 Å². The zero-order valence-electron chi connectivity index (χ0n) is 16.6. The molecule has 1 unspecified atom stereocenters. The van der Waals surface area contributed by atoms with Crippen LogP contribution in [0.5, 0.6) is 0 Å². The molecule has 0 aliphatic heterocycles. The average molecular weight is 437 g/mol. The first-order valence-corrected chi connectivity index (χ1v) is 10.0. The maximum atomic E-state index is 12.6. The molecule has 7 heteroatoms. The molecule has 2 N–H and O–H groups in total. The lowest BCUT2D eigenvalue weighted by Crippen LogP contribution is -2.31. The molecule has 0 aliphatic carbocycles. The van der Waals surface area contributed by atoms with Gasteiger partial charge in [0.05, 0.1) is 12.5 Å². The number of hydrogen-bond acceptors (Lipinski definition) is 4. The molecule has 3 aromatic rings. The molecule has 0 heterocycles. The van der Waals surface area contributed by atoms with Crippen molar-refractivity contribution in [1.82, 2.24) is 5.32 Å². The number of halogens is 1. The summed E-state index contributed by atoms with van der Waals surface area (Å²) in [6.07, 6.45) is -0.114. The number of hydrogen-bond donors (Lipinski definition) is 2. The van der Waals surface area contributed by atoms with Gasteiger partial charge in [-0.05, 0) is 42.0 Å². The number of esters is 1. The third-order valence-corrected chi connectivity index (χ3v) is 4.66. The summed E-state index contributed by atoms with van der Waals surface area (Å²) >= 11 is 5.81. The second-order valence-corrected chi connectivity index (χ2v) is 7.16. The molecule has 3 rings (SSSR count). The van der Waals surface area contributed by atoms with Crippen LogP contribution in [0.3, 0.4) is 0 Å². The first-order valence-electron chi connectivity index (χ1n) is 9.63. The SMILES string of the molecule is O=C(COC(=O)CC(NC(=O)c1ccccc1)c1ccccc1)Nc1ccc(Cl)cc1. The van der Waals surface area contributed by atoms with E-state index in [2.05, 4.69) is 10.6 Å². The Bertz CT molecular complexity index is 1020. The standard InChI is InChI=1S/C24H21ClN2O4/c25-19-11-13-20(14-12-19)26-22(28)16-31-23(29)15-21(17-7-3-1-4-8-17)27-24(30)18-9-5-2-6-10-18/h1-14,21H,15-16H2,(H,26,28)(H,27,30). The van der Waals surface area contributed by atoms with E-state index in [0.717, 1.165) is 5.56 Å². The highest BCUT2D eigenvalue weighted by atomic mass is 35.5. The van der Waals surface area contributed by atoms with E-state index in [-0.39, 0.29) is 12.3 Å². The molecule has 2 amide bonds. The fourth-order valence-corrected chi connectivity index (χ4v) is 3.00. The summed E-state index contributed by atoms with van der Waals surface area (Å²) in [7, 11) is 0. The van der Waals surface area contributed by atoms with Crippen molar-refractivity contribution in [2.45, 2.75) is 12.5 Å². The van der Waals surface area contributed by atoms with Crippen molar-refractivity contribution in [2.24, 2.45) is 0 Å². The van der Waals surface area contributed by atoms with Crippen molar-refractivity contribution in [1.29, 1.82) is 0 Å². The van der Waals surface area contributed by atoms with Crippen molar-refractivity contribution in [2.75, 3.05) is 11.9 Å². The maximum absolute atomic E-state index is 12.6. The second-order valence-electron chi connectivity index (χ2n) is 6.72. The zero-order chi connectivity index (χ0) is 22.1. The Labute approximate surface area is 185 Å². The molecular weight excluding hydrogens is 416 g/mol. The van der Waals surface area contributed by atoms with Crippen LogP contribution in [0.2, 0.25) is 5.02 Å². The monoisotopic (exact) mass is 436 g/mol. The van der Waals surface area contributed by atoms with Crippen LogP contribution in [0.1, 0.15) is 28.4 Å². The predicted molar refractivity (Wildman–Crippen MR) is 119 cm³/mol. The van der Waals surface area contributed by atoms with Gasteiger partial charge in [0.25, 0.3) is 11.8 Å². The fourth-order valence-electron chi connectivity index (χ4n) is 2.87. The molecule has 0 fully saturated rings. The fraction of sp³-hybridized carbons (Fsp3) is 0.125. The van der Waals surface area contributed by atoms with E-state index >= 15 is 0 Å². The summed E-state index contributed by atoms with van der Waals surface area (Å²) in [5.41, 5.74) is 1.79. The second kappa shape index (κ2) is 10.9. The minimum absolute atomic E-state index is 0.114. The molecule has 0 spiro atoms. The first kappa shape index (κ1) is 22.1. The lowest BCUT2D eigenvalue weighted by molar-refractivity contribution is -0.147. The largest absolute Gasteiger partial charge is 0.455 e. The average Bonchev–Trinajstić information content (AvgIpc) is 2.80. The number of ether oxygens (including phenoxy) is 1. The molecule has 6 nitrogen and oxygen atoms in total. The highest BCUT2D eigenvalue weighted by molar-refractivity contribution is 6.30. The third kappa shape index (κ3) is 6.97. The number of amides is 2. The van der Waals surface area contributed by atoms with E-state index in [1.807, 2.05) is 36.4 Å². The first-order chi connectivity index (χ1) is 15.0. The van der Waals surface area contributed by atoms with Gasteiger partial charge in [-0.25, -0.2) is 0 Å². The van der Waals surface area contributed by atoms with Gasteiger partial charge in [0.1, 0.15) is 0 Å². The van der Waals surface area contributed by atoms with E-state index in [0.29, 0.717) is 16.3 Å². The number of nitrogens with one attached hydrogen (secondary N) is 2. The topological polar surface area (TPSA) is 84.5 Å². The Morgan fingerprint density at radius 2 is 1.45 bits per heavy atom. The van der Waals surface area contributed by atoms with E-state index in [4.69, 9.17) is 16.3 Å². The number of carbonyl (C=O) groups excluding carboxylic acids is 3. The van der Waals surface area contributed by atoms with Crippen molar-refractivity contribution >= 4 is 35.1 Å². The minimum Gasteiger partial charge on any atom is -0.455 e. The molecule has 1 atom stereocenters. The molecular formula is C24H21ClN2O4. The van der Waals surface area contributed by atoms with Crippen LogP contribution in [0.25, 0.3) is 0 Å². The number of carbonyl (C=O) groups is 3. The van der Waals surface area contributed by atoms with Gasteiger partial charge in [-0.1, -0.05) is 60.1 Å². The van der Waals surface area contributed by atoms with Gasteiger partial charge in [0.2, 0.25) is 0 Å². The van der Waals surface area contributed by atoms with Gasteiger partial charge in [0, 0.05) is 16.3 Å². The smallest absolute Gasteiger partial charge is 0.308 e. The minimum atomic E-state index is -0.603. The van der Waals surface area contributed by atoms with Crippen LogP contribution in [0.4, 0.5) is 5.69 Å². The van der Waals surface area contributed by atoms with Crippen molar-refractivity contribution in [3.05, 3.63) is 101 Å². The van der Waals surface area contributed by atoms with Crippen LogP contribution in [-0.4, -0.2) is 24.4 Å². The molecule has 0 bridgehead atoms. The number of rotatable bonds is 8. The van der Waals surface area contributed by atoms with Gasteiger partial charge < -0.3 is 15.4 Å². The molecule has 0 aliphatic rings. The normalized spacial score (nSPS) is 11.3. The number of benzene rings is 3. The van der Waals surface area contributed by atoms with Gasteiger partial charge >= 0.3 is 5.97 Å². The highest BCUT2D eigenvalue weighted by Crippen LogP contribution is 2.18. The molecule has 0 saturated carbocycles. The van der Waals surface area contributed by atoms with Gasteiger partial charge in [-0.3, -0.25) is 14.4 Å². The van der Waals surface area contributed by atoms with Crippen LogP contribution in [0.15, 0.2) is 84.9 Å². The zero-order valence-corrected chi connectivity index (χ0v) is 17.3. The Balaban J connectivity index is 1.58. The maximum Gasteiger partial charge on any atom is 0.308 e. The van der Waals surface area contributed by atoms with Crippen molar-refractivity contribution in [3.8, 4) is 0 Å². The molecule has 3 aromatic carbocycles. The third-order valence-electron chi connectivity index (χ3n) is 4.41. The van der Waals surface area contributed by atoms with Gasteiger partial charge in [-0.15, -0.1) is 0 Å². The highest BCUT2D eigenvalue weighted by Gasteiger charge is 2.20. The van der Waals surface area contributed by atoms with E-state index < -0.39 is 24.5 Å². The quantitative estimate of drug-likeness (QED) is 0.513. The number of anilines is 1. The van der Waals surface area contributed by atoms with Crippen LogP contribution in [-0.2, 0) is 14.3 Å². The summed E-state index contributed by atoms with van der Waals surface area (Å²) in [5, 5.41) is 6.03. The van der Waals surface area contributed by atoms with E-state index in [9.17, 15) is 14.4 Å². The molecule has 31 heavy (non-hydrogen) atoms. The molecule has 0 aromatic heterocycles. The Kier molecular flexibility index (Phi) is 7.79. The van der Waals surface area contributed by atoms with E-state index in [1.165, 1.54) is 0 Å². The Hall–Kier alpha value is -3.64. The van der Waals surface area contributed by atoms with Gasteiger partial charge in [0.15, 0.2) is 6.61 Å². The predicted octanol–water partition coefficient (Wildman–Crippen LogP) is 4.38. The molecule has 158 valence electrons. The summed E-state index contributed by atoms with van der Waals surface area (Å²) in [5.74, 6) is -1.38. The van der Waals surface area contributed by atoms with E-state index in [1.54, 1.807) is 48.5 Å². The molecule has 0 radical (unpaired) electrons. The summed E-state index contributed by atoms with van der Waals surface area (Å²) in [6.45, 7) is -0.435. The Morgan fingerprint density at radius 3 is 2.10 bits per heavy atom. The van der Waals surface area contributed by atoms with Gasteiger partial charge in [-0.2, -0.15) is 0 Å². The van der Waals surface area contributed by atoms with Crippen molar-refractivity contribution in [3.63, 3.8) is 0 Å². The summed E-state index contributed by atoms with van der Waals surface area (Å²) < 4.78 is 5.11. The van der Waals surface area contributed by atoms with Crippen LogP contribution >= 0.6 is 11.6 Å². The summed E-state index contributed by atoms with van der Waals surface area (Å²) in [6, 6.07) is 23.8.